The van der Waals surface area contributed by atoms with Crippen LogP contribution in [0.25, 0.3) is 6.08 Å². The van der Waals surface area contributed by atoms with Crippen LogP contribution in [0, 0.1) is 10.1 Å². The first-order chi connectivity index (χ1) is 12.4. The molecule has 0 N–H and O–H groups in total. The number of esters is 1. The molecule has 7 heteroatoms. The summed E-state index contributed by atoms with van der Waals surface area (Å²) in [6.07, 6.45) is 2.24. The Labute approximate surface area is 151 Å². The van der Waals surface area contributed by atoms with Crippen LogP contribution in [-0.4, -0.2) is 25.1 Å². The number of benzene rings is 2. The van der Waals surface area contributed by atoms with Crippen molar-refractivity contribution in [2.45, 2.75) is 13.0 Å². The lowest BCUT2D eigenvalue weighted by molar-refractivity contribution is -0.385. The molecule has 0 spiro atoms. The molecule has 0 saturated carbocycles. The second kappa shape index (κ2) is 8.66. The molecule has 0 fully saturated rings. The van der Waals surface area contributed by atoms with Gasteiger partial charge in [0.15, 0.2) is 0 Å². The fourth-order valence-electron chi connectivity index (χ4n) is 2.26. The number of nitro groups is 1. The van der Waals surface area contributed by atoms with Crippen molar-refractivity contribution in [3.8, 4) is 11.5 Å². The highest BCUT2D eigenvalue weighted by Gasteiger charge is 2.13. The molecule has 2 aromatic carbocycles. The molecule has 0 saturated heterocycles. The Bertz CT molecular complexity index is 808. The third-order valence-corrected chi connectivity index (χ3v) is 3.63. The zero-order valence-corrected chi connectivity index (χ0v) is 14.7. The molecular weight excluding hydrogens is 338 g/mol. The van der Waals surface area contributed by atoms with Crippen molar-refractivity contribution >= 4 is 17.7 Å². The second-order valence-corrected chi connectivity index (χ2v) is 5.41. The summed E-state index contributed by atoms with van der Waals surface area (Å²) in [6.45, 7) is 1.65. The van der Waals surface area contributed by atoms with Crippen molar-refractivity contribution in [2.24, 2.45) is 0 Å². The van der Waals surface area contributed by atoms with E-state index in [1.807, 2.05) is 0 Å². The molecule has 1 atom stereocenters. The normalized spacial score (nSPS) is 11.8. The van der Waals surface area contributed by atoms with E-state index in [2.05, 4.69) is 0 Å². The standard InChI is InChI=1S/C19H19NO6/c1-13(15-5-4-6-16(11-15)20(22)23)26-19(21)8-7-14-9-17(24-2)12-18(10-14)25-3/h4-13H,1-3H3/b8-7+/t13-/m0/s1. The molecule has 2 aromatic rings. The monoisotopic (exact) mass is 357 g/mol. The largest absolute Gasteiger partial charge is 0.497 e. The van der Waals surface area contributed by atoms with Crippen LogP contribution in [0.4, 0.5) is 5.69 Å². The van der Waals surface area contributed by atoms with Gasteiger partial charge in [-0.05, 0) is 36.3 Å². The Kier molecular flexibility index (Phi) is 6.32. The zero-order valence-electron chi connectivity index (χ0n) is 14.7. The van der Waals surface area contributed by atoms with E-state index in [-0.39, 0.29) is 5.69 Å². The fourth-order valence-corrected chi connectivity index (χ4v) is 2.26. The number of carbonyl (C=O) groups excluding carboxylic acids is 1. The summed E-state index contributed by atoms with van der Waals surface area (Å²) in [6, 6.07) is 11.2. The van der Waals surface area contributed by atoms with Gasteiger partial charge in [-0.2, -0.15) is 0 Å². The molecule has 7 nitrogen and oxygen atoms in total. The minimum atomic E-state index is -0.619. The van der Waals surface area contributed by atoms with Crippen LogP contribution >= 0.6 is 0 Å². The topological polar surface area (TPSA) is 87.9 Å². The molecule has 0 amide bonds. The summed E-state index contributed by atoms with van der Waals surface area (Å²) in [5.74, 6) is 0.635. The van der Waals surface area contributed by atoms with E-state index < -0.39 is 17.0 Å². The van der Waals surface area contributed by atoms with E-state index >= 15 is 0 Å². The highest BCUT2D eigenvalue weighted by atomic mass is 16.6. The summed E-state index contributed by atoms with van der Waals surface area (Å²) >= 11 is 0. The average molecular weight is 357 g/mol. The minimum absolute atomic E-state index is 0.0515. The fraction of sp³-hybridized carbons (Fsp3) is 0.211. The maximum Gasteiger partial charge on any atom is 0.331 e. The first-order valence-corrected chi connectivity index (χ1v) is 7.79. The summed E-state index contributed by atoms with van der Waals surface area (Å²) in [5, 5.41) is 10.8. The maximum absolute atomic E-state index is 12.0. The Hall–Kier alpha value is -3.35. The van der Waals surface area contributed by atoms with Crippen LogP contribution in [0.3, 0.4) is 0 Å². The van der Waals surface area contributed by atoms with Gasteiger partial charge in [-0.25, -0.2) is 4.79 Å². The number of hydrogen-bond acceptors (Lipinski definition) is 6. The summed E-state index contributed by atoms with van der Waals surface area (Å²) in [7, 11) is 3.08. The Balaban J connectivity index is 2.07. The molecule has 0 radical (unpaired) electrons. The van der Waals surface area contributed by atoms with Gasteiger partial charge in [0.2, 0.25) is 0 Å². The van der Waals surface area contributed by atoms with Gasteiger partial charge in [0.25, 0.3) is 5.69 Å². The molecule has 0 unspecified atom stereocenters. The lowest BCUT2D eigenvalue weighted by atomic mass is 10.1. The van der Waals surface area contributed by atoms with Gasteiger partial charge in [0.1, 0.15) is 17.6 Å². The van der Waals surface area contributed by atoms with Gasteiger partial charge in [-0.3, -0.25) is 10.1 Å². The molecule has 0 aliphatic rings. The van der Waals surface area contributed by atoms with Crippen LogP contribution < -0.4 is 9.47 Å². The molecule has 26 heavy (non-hydrogen) atoms. The number of nitro benzene ring substituents is 1. The zero-order chi connectivity index (χ0) is 19.1. The summed E-state index contributed by atoms with van der Waals surface area (Å²) < 4.78 is 15.6. The van der Waals surface area contributed by atoms with E-state index in [1.165, 1.54) is 32.4 Å². The molecule has 0 aliphatic carbocycles. The molecule has 2 rings (SSSR count). The van der Waals surface area contributed by atoms with Gasteiger partial charge in [0.05, 0.1) is 19.1 Å². The lowest BCUT2D eigenvalue weighted by Crippen LogP contribution is -2.06. The number of nitrogens with zero attached hydrogens (tertiary/aromatic N) is 1. The molecule has 0 aromatic heterocycles. The van der Waals surface area contributed by atoms with E-state index in [0.29, 0.717) is 22.6 Å². The van der Waals surface area contributed by atoms with Crippen molar-refractivity contribution in [1.82, 2.24) is 0 Å². The number of carbonyl (C=O) groups is 1. The molecule has 0 bridgehead atoms. The number of ether oxygens (including phenoxy) is 3. The Morgan fingerprint density at radius 3 is 2.35 bits per heavy atom. The van der Waals surface area contributed by atoms with E-state index in [9.17, 15) is 14.9 Å². The maximum atomic E-state index is 12.0. The number of hydrogen-bond donors (Lipinski definition) is 0. The number of non-ortho nitro benzene ring substituents is 1. The van der Waals surface area contributed by atoms with Crippen molar-refractivity contribution in [3.05, 3.63) is 69.8 Å². The van der Waals surface area contributed by atoms with Gasteiger partial charge in [-0.15, -0.1) is 0 Å². The molecule has 136 valence electrons. The predicted octanol–water partition coefficient (Wildman–Crippen LogP) is 3.93. The van der Waals surface area contributed by atoms with Crippen molar-refractivity contribution in [2.75, 3.05) is 14.2 Å². The van der Waals surface area contributed by atoms with Crippen molar-refractivity contribution in [3.63, 3.8) is 0 Å². The Morgan fingerprint density at radius 2 is 1.77 bits per heavy atom. The predicted molar refractivity (Wildman–Crippen MR) is 96.2 cm³/mol. The van der Waals surface area contributed by atoms with Crippen LogP contribution in [0.5, 0.6) is 11.5 Å². The van der Waals surface area contributed by atoms with E-state index in [0.717, 1.165) is 0 Å². The van der Waals surface area contributed by atoms with Crippen LogP contribution in [0.2, 0.25) is 0 Å². The summed E-state index contributed by atoms with van der Waals surface area (Å²) in [4.78, 5) is 22.4. The van der Waals surface area contributed by atoms with Gasteiger partial charge < -0.3 is 14.2 Å². The molecule has 0 heterocycles. The molecular formula is C19H19NO6. The average Bonchev–Trinajstić information content (AvgIpc) is 2.66. The van der Waals surface area contributed by atoms with Crippen molar-refractivity contribution < 1.29 is 23.9 Å². The smallest absolute Gasteiger partial charge is 0.331 e. The first-order valence-electron chi connectivity index (χ1n) is 7.79. The van der Waals surface area contributed by atoms with Crippen LogP contribution in [-0.2, 0) is 9.53 Å². The van der Waals surface area contributed by atoms with Gasteiger partial charge in [0, 0.05) is 24.3 Å². The number of rotatable bonds is 7. The van der Waals surface area contributed by atoms with Gasteiger partial charge >= 0.3 is 5.97 Å². The third kappa shape index (κ3) is 5.07. The minimum Gasteiger partial charge on any atom is -0.497 e. The van der Waals surface area contributed by atoms with E-state index in [4.69, 9.17) is 14.2 Å². The highest BCUT2D eigenvalue weighted by molar-refractivity contribution is 5.87. The van der Waals surface area contributed by atoms with Crippen LogP contribution in [0.1, 0.15) is 24.2 Å². The summed E-state index contributed by atoms with van der Waals surface area (Å²) in [5.41, 5.74) is 1.20. The second-order valence-electron chi connectivity index (χ2n) is 5.41. The van der Waals surface area contributed by atoms with Crippen LogP contribution in [0.15, 0.2) is 48.5 Å². The quantitative estimate of drug-likeness (QED) is 0.323. The Morgan fingerprint density at radius 1 is 1.12 bits per heavy atom. The van der Waals surface area contributed by atoms with Crippen molar-refractivity contribution in [1.29, 1.82) is 0 Å². The number of methoxy groups -OCH3 is 2. The highest BCUT2D eigenvalue weighted by Crippen LogP contribution is 2.24. The first kappa shape index (κ1) is 19.0. The van der Waals surface area contributed by atoms with E-state index in [1.54, 1.807) is 43.3 Å². The lowest BCUT2D eigenvalue weighted by Gasteiger charge is -2.12. The SMILES string of the molecule is COc1cc(/C=C/C(=O)O[C@@H](C)c2cccc([N+](=O)[O-])c2)cc(OC)c1. The molecule has 0 aliphatic heterocycles. The van der Waals surface area contributed by atoms with Gasteiger partial charge in [-0.1, -0.05) is 12.1 Å². The third-order valence-electron chi connectivity index (χ3n) is 3.63.